The number of anilines is 1. The standard InChI is InChI=1S/C20H31N3O3S/c1-14-17-7-5-6-15(17)8-9-18(14)21-19(24)23-12-10-16(11-13-23)22-27(25,26)20(2,3)4/h8-9,16,22H,5-7,10-13H2,1-4H3,(H,21,24). The van der Waals surface area contributed by atoms with Crippen LogP contribution < -0.4 is 10.0 Å². The molecule has 7 heteroatoms. The largest absolute Gasteiger partial charge is 0.324 e. The number of rotatable bonds is 3. The molecule has 1 aromatic carbocycles. The zero-order valence-corrected chi connectivity index (χ0v) is 17.6. The minimum Gasteiger partial charge on any atom is -0.324 e. The number of hydrogen-bond acceptors (Lipinski definition) is 3. The molecule has 0 spiro atoms. The quantitative estimate of drug-likeness (QED) is 0.828. The number of benzene rings is 1. The first kappa shape index (κ1) is 20.1. The van der Waals surface area contributed by atoms with E-state index in [0.717, 1.165) is 18.5 Å². The van der Waals surface area contributed by atoms with Crippen LogP contribution in [0.3, 0.4) is 0 Å². The predicted molar refractivity (Wildman–Crippen MR) is 109 cm³/mol. The van der Waals surface area contributed by atoms with E-state index in [4.69, 9.17) is 0 Å². The number of sulfonamides is 1. The lowest BCUT2D eigenvalue weighted by Crippen LogP contribution is -2.50. The number of fused-ring (bicyclic) bond motifs is 1. The van der Waals surface area contributed by atoms with E-state index in [1.807, 2.05) is 6.07 Å². The van der Waals surface area contributed by atoms with Crippen LogP contribution in [0.15, 0.2) is 12.1 Å². The number of nitrogens with zero attached hydrogens (tertiary/aromatic N) is 1. The summed E-state index contributed by atoms with van der Waals surface area (Å²) in [6, 6.07) is 3.91. The molecular formula is C20H31N3O3S. The van der Waals surface area contributed by atoms with Crippen molar-refractivity contribution in [1.82, 2.24) is 9.62 Å². The van der Waals surface area contributed by atoms with Crippen molar-refractivity contribution in [3.63, 3.8) is 0 Å². The maximum absolute atomic E-state index is 12.6. The lowest BCUT2D eigenvalue weighted by atomic mass is 10.0. The van der Waals surface area contributed by atoms with E-state index in [-0.39, 0.29) is 12.1 Å². The van der Waals surface area contributed by atoms with Gasteiger partial charge in [0.1, 0.15) is 0 Å². The third kappa shape index (κ3) is 4.29. The Balaban J connectivity index is 1.57. The number of hydrogen-bond donors (Lipinski definition) is 2. The van der Waals surface area contributed by atoms with Crippen molar-refractivity contribution < 1.29 is 13.2 Å². The van der Waals surface area contributed by atoms with Gasteiger partial charge in [0.25, 0.3) is 0 Å². The molecule has 150 valence electrons. The Kier molecular flexibility index (Phi) is 5.54. The van der Waals surface area contributed by atoms with Crippen molar-refractivity contribution in [2.45, 2.75) is 70.6 Å². The van der Waals surface area contributed by atoms with Crippen molar-refractivity contribution in [2.75, 3.05) is 18.4 Å². The second-order valence-corrected chi connectivity index (χ2v) is 11.1. The van der Waals surface area contributed by atoms with Crippen molar-refractivity contribution in [3.8, 4) is 0 Å². The molecule has 0 saturated carbocycles. The van der Waals surface area contributed by atoms with Gasteiger partial charge in [-0.2, -0.15) is 0 Å². The number of carbonyl (C=O) groups is 1. The normalized spacial score (nSPS) is 18.4. The molecule has 0 radical (unpaired) electrons. The molecule has 0 bridgehead atoms. The highest BCUT2D eigenvalue weighted by atomic mass is 32.2. The van der Waals surface area contributed by atoms with Crippen LogP contribution >= 0.6 is 0 Å². The third-order valence-corrected chi connectivity index (χ3v) is 7.98. The fourth-order valence-corrected chi connectivity index (χ4v) is 4.81. The van der Waals surface area contributed by atoms with E-state index in [1.165, 1.54) is 23.1 Å². The van der Waals surface area contributed by atoms with E-state index in [1.54, 1.807) is 25.7 Å². The Labute approximate surface area is 162 Å². The number of piperidine rings is 1. The van der Waals surface area contributed by atoms with Crippen LogP contribution in [-0.2, 0) is 22.9 Å². The van der Waals surface area contributed by atoms with Gasteiger partial charge in [0, 0.05) is 24.8 Å². The molecule has 27 heavy (non-hydrogen) atoms. The van der Waals surface area contributed by atoms with Gasteiger partial charge in [0.05, 0.1) is 4.75 Å². The molecule has 0 aromatic heterocycles. The van der Waals surface area contributed by atoms with Crippen LogP contribution in [0.25, 0.3) is 0 Å². The lowest BCUT2D eigenvalue weighted by Gasteiger charge is -2.34. The highest BCUT2D eigenvalue weighted by molar-refractivity contribution is 7.90. The van der Waals surface area contributed by atoms with Crippen LogP contribution in [0.4, 0.5) is 10.5 Å². The first-order valence-corrected chi connectivity index (χ1v) is 11.3. The Hall–Kier alpha value is -1.60. The molecule has 3 rings (SSSR count). The molecular weight excluding hydrogens is 362 g/mol. The lowest BCUT2D eigenvalue weighted by molar-refractivity contribution is 0.193. The van der Waals surface area contributed by atoms with Crippen LogP contribution in [0, 0.1) is 6.92 Å². The molecule has 1 aliphatic carbocycles. The number of nitrogens with one attached hydrogen (secondary N) is 2. The molecule has 2 aliphatic rings. The van der Waals surface area contributed by atoms with Gasteiger partial charge < -0.3 is 10.2 Å². The van der Waals surface area contributed by atoms with Crippen LogP contribution in [0.2, 0.25) is 0 Å². The molecule has 6 nitrogen and oxygen atoms in total. The Morgan fingerprint density at radius 1 is 1.15 bits per heavy atom. The van der Waals surface area contributed by atoms with Crippen molar-refractivity contribution in [3.05, 3.63) is 28.8 Å². The number of likely N-dealkylation sites (tertiary alicyclic amines) is 1. The van der Waals surface area contributed by atoms with Gasteiger partial charge in [-0.15, -0.1) is 0 Å². The first-order valence-electron chi connectivity index (χ1n) is 9.77. The van der Waals surface area contributed by atoms with Gasteiger partial charge in [-0.25, -0.2) is 17.9 Å². The Morgan fingerprint density at radius 3 is 2.44 bits per heavy atom. The van der Waals surface area contributed by atoms with Crippen molar-refractivity contribution >= 4 is 21.7 Å². The van der Waals surface area contributed by atoms with Gasteiger partial charge in [-0.3, -0.25) is 0 Å². The van der Waals surface area contributed by atoms with Crippen LogP contribution in [-0.4, -0.2) is 43.2 Å². The maximum atomic E-state index is 12.6. The third-order valence-electron chi connectivity index (χ3n) is 5.72. The summed E-state index contributed by atoms with van der Waals surface area (Å²) in [7, 11) is -3.36. The van der Waals surface area contributed by atoms with E-state index >= 15 is 0 Å². The van der Waals surface area contributed by atoms with Crippen LogP contribution in [0.1, 0.15) is 56.7 Å². The Bertz CT molecular complexity index is 820. The SMILES string of the molecule is Cc1c(NC(=O)N2CCC(NS(=O)(=O)C(C)(C)C)CC2)ccc2c1CCC2. The van der Waals surface area contributed by atoms with Gasteiger partial charge in [-0.1, -0.05) is 6.07 Å². The summed E-state index contributed by atoms with van der Waals surface area (Å²) in [5.41, 5.74) is 4.84. The molecule has 1 aliphatic heterocycles. The molecule has 0 unspecified atom stereocenters. The molecule has 1 aromatic rings. The average Bonchev–Trinajstić information content (AvgIpc) is 3.06. The summed E-state index contributed by atoms with van der Waals surface area (Å²) in [4.78, 5) is 14.4. The monoisotopic (exact) mass is 393 g/mol. The molecule has 0 atom stereocenters. The predicted octanol–water partition coefficient (Wildman–Crippen LogP) is 3.20. The number of urea groups is 1. The van der Waals surface area contributed by atoms with E-state index in [9.17, 15) is 13.2 Å². The Morgan fingerprint density at radius 2 is 1.81 bits per heavy atom. The number of carbonyl (C=O) groups excluding carboxylic acids is 1. The number of aryl methyl sites for hydroxylation is 1. The molecule has 1 saturated heterocycles. The van der Waals surface area contributed by atoms with Crippen LogP contribution in [0.5, 0.6) is 0 Å². The summed E-state index contributed by atoms with van der Waals surface area (Å²) in [5, 5.41) is 3.05. The van der Waals surface area contributed by atoms with Crippen molar-refractivity contribution in [2.24, 2.45) is 0 Å². The minimum atomic E-state index is -3.36. The highest BCUT2D eigenvalue weighted by Gasteiger charge is 2.33. The fraction of sp³-hybridized carbons (Fsp3) is 0.650. The van der Waals surface area contributed by atoms with Gasteiger partial charge >= 0.3 is 6.03 Å². The van der Waals surface area contributed by atoms with Crippen molar-refractivity contribution in [1.29, 1.82) is 0 Å². The second kappa shape index (κ2) is 7.43. The molecule has 2 N–H and O–H groups in total. The zero-order chi connectivity index (χ0) is 19.8. The van der Waals surface area contributed by atoms with E-state index in [2.05, 4.69) is 23.0 Å². The van der Waals surface area contributed by atoms with E-state index < -0.39 is 14.8 Å². The summed E-state index contributed by atoms with van der Waals surface area (Å²) in [6.07, 6.45) is 4.66. The highest BCUT2D eigenvalue weighted by Crippen LogP contribution is 2.30. The minimum absolute atomic E-state index is 0.104. The van der Waals surface area contributed by atoms with Gasteiger partial charge in [-0.05, 0) is 82.6 Å². The average molecular weight is 394 g/mol. The summed E-state index contributed by atoms with van der Waals surface area (Å²) in [5.74, 6) is 0. The molecule has 2 amide bonds. The molecule has 1 heterocycles. The number of amides is 2. The maximum Gasteiger partial charge on any atom is 0.321 e. The summed E-state index contributed by atoms with van der Waals surface area (Å²) < 4.78 is 26.6. The van der Waals surface area contributed by atoms with Gasteiger partial charge in [0.2, 0.25) is 10.0 Å². The summed E-state index contributed by atoms with van der Waals surface area (Å²) in [6.45, 7) is 8.25. The van der Waals surface area contributed by atoms with Gasteiger partial charge in [0.15, 0.2) is 0 Å². The van der Waals surface area contributed by atoms with E-state index in [0.29, 0.717) is 25.9 Å². The zero-order valence-electron chi connectivity index (χ0n) is 16.8. The smallest absolute Gasteiger partial charge is 0.321 e. The molecule has 1 fully saturated rings. The first-order chi connectivity index (χ1) is 12.6. The fourth-order valence-electron chi connectivity index (χ4n) is 3.78. The summed E-state index contributed by atoms with van der Waals surface area (Å²) >= 11 is 0. The topological polar surface area (TPSA) is 78.5 Å². The second-order valence-electron chi connectivity index (χ2n) is 8.65.